The van der Waals surface area contributed by atoms with Crippen LogP contribution in [0.1, 0.15) is 10.4 Å². The van der Waals surface area contributed by atoms with E-state index < -0.39 is 46.4 Å². The van der Waals surface area contributed by atoms with Crippen molar-refractivity contribution < 1.29 is 19.3 Å². The quantitative estimate of drug-likeness (QED) is 0.236. The summed E-state index contributed by atoms with van der Waals surface area (Å²) in [4.78, 5) is 54.9. The molecule has 9 heteroatoms. The molecule has 0 bridgehead atoms. The molecule has 2 amide bonds. The number of nitrogens with zero attached hydrogens (tertiary/aromatic N) is 4. The molecule has 0 aromatic heterocycles. The Balaban J connectivity index is 1.45. The topological polar surface area (TPSA) is 125 Å². The number of nitriles is 1. The van der Waals surface area contributed by atoms with E-state index in [1.165, 1.54) is 30.3 Å². The summed E-state index contributed by atoms with van der Waals surface area (Å²) in [6, 6.07) is 18.5. The van der Waals surface area contributed by atoms with Crippen LogP contribution in [0.5, 0.6) is 0 Å². The first-order chi connectivity index (χ1) is 17.9. The molecule has 0 spiro atoms. The van der Waals surface area contributed by atoms with E-state index in [9.17, 15) is 29.8 Å². The molecule has 3 aromatic rings. The second-order valence-electron chi connectivity index (χ2n) is 9.20. The van der Waals surface area contributed by atoms with E-state index in [1.54, 1.807) is 29.3 Å². The van der Waals surface area contributed by atoms with Crippen LogP contribution in [-0.4, -0.2) is 39.5 Å². The van der Waals surface area contributed by atoms with E-state index in [0.717, 1.165) is 15.7 Å². The molecule has 180 valence electrons. The van der Waals surface area contributed by atoms with Gasteiger partial charge in [0.2, 0.25) is 11.8 Å². The first-order valence-corrected chi connectivity index (χ1v) is 11.6. The molecular weight excluding hydrogens is 472 g/mol. The van der Waals surface area contributed by atoms with E-state index >= 15 is 0 Å². The molecule has 3 aliphatic rings. The van der Waals surface area contributed by atoms with Gasteiger partial charge in [-0.2, -0.15) is 5.26 Å². The van der Waals surface area contributed by atoms with Crippen molar-refractivity contribution in [3.05, 3.63) is 106 Å². The van der Waals surface area contributed by atoms with Crippen molar-refractivity contribution in [2.45, 2.75) is 12.1 Å². The van der Waals surface area contributed by atoms with Crippen LogP contribution in [0.4, 0.5) is 11.4 Å². The number of carbonyl (C=O) groups excluding carboxylic acids is 3. The van der Waals surface area contributed by atoms with Gasteiger partial charge >= 0.3 is 0 Å². The maximum atomic E-state index is 13.9. The Morgan fingerprint density at radius 2 is 1.70 bits per heavy atom. The van der Waals surface area contributed by atoms with Gasteiger partial charge in [-0.3, -0.25) is 24.5 Å². The van der Waals surface area contributed by atoms with Gasteiger partial charge in [0, 0.05) is 23.9 Å². The van der Waals surface area contributed by atoms with Gasteiger partial charge in [0.05, 0.1) is 40.1 Å². The minimum absolute atomic E-state index is 0.0754. The molecular formula is C28H18N4O5. The van der Waals surface area contributed by atoms with Crippen LogP contribution >= 0.6 is 0 Å². The number of rotatable bonds is 4. The van der Waals surface area contributed by atoms with Crippen molar-refractivity contribution in [3.8, 4) is 6.07 Å². The summed E-state index contributed by atoms with van der Waals surface area (Å²) in [7, 11) is 0. The van der Waals surface area contributed by atoms with Gasteiger partial charge < -0.3 is 4.90 Å². The number of carbonyl (C=O) groups is 3. The lowest BCUT2D eigenvalue weighted by Gasteiger charge is -2.32. The van der Waals surface area contributed by atoms with Gasteiger partial charge in [-0.1, -0.05) is 42.5 Å². The maximum Gasteiger partial charge on any atom is 0.270 e. The summed E-state index contributed by atoms with van der Waals surface area (Å²) in [5, 5.41) is 22.6. The molecule has 3 aliphatic heterocycles. The zero-order valence-corrected chi connectivity index (χ0v) is 19.2. The van der Waals surface area contributed by atoms with Crippen LogP contribution in [-0.2, 0) is 9.59 Å². The Labute approximate surface area is 210 Å². The second-order valence-corrected chi connectivity index (χ2v) is 9.20. The number of ketones is 1. The predicted octanol–water partition coefficient (Wildman–Crippen LogP) is 3.77. The number of hydrogen-bond donors (Lipinski definition) is 0. The SMILES string of the molecule is N#CC1=C[C@@H]2[C@@H]3C(=O)N(c4ccc5ccccc5c4)C(=O)[C@H]3[C@H](C(=O)c3cccc([N+](=O)[O-])c3)N2C=C1. The Morgan fingerprint density at radius 3 is 2.46 bits per heavy atom. The fourth-order valence-electron chi connectivity index (χ4n) is 5.63. The Morgan fingerprint density at radius 1 is 0.946 bits per heavy atom. The molecule has 9 nitrogen and oxygen atoms in total. The van der Waals surface area contributed by atoms with Crippen molar-refractivity contribution in [3.63, 3.8) is 0 Å². The highest BCUT2D eigenvalue weighted by Gasteiger charge is 2.63. The molecule has 4 atom stereocenters. The van der Waals surface area contributed by atoms with Crippen molar-refractivity contribution in [1.29, 1.82) is 5.26 Å². The van der Waals surface area contributed by atoms with Crippen LogP contribution in [0.3, 0.4) is 0 Å². The number of nitro benzene ring substituents is 1. The summed E-state index contributed by atoms with van der Waals surface area (Å²) >= 11 is 0. The molecule has 0 radical (unpaired) electrons. The van der Waals surface area contributed by atoms with E-state index in [4.69, 9.17) is 0 Å². The molecule has 0 N–H and O–H groups in total. The first kappa shape index (κ1) is 22.4. The molecule has 0 saturated carbocycles. The lowest BCUT2D eigenvalue weighted by Crippen LogP contribution is -2.46. The fraction of sp³-hybridized carbons (Fsp3) is 0.143. The zero-order valence-electron chi connectivity index (χ0n) is 19.2. The summed E-state index contributed by atoms with van der Waals surface area (Å²) in [5.74, 6) is -3.36. The number of fused-ring (bicyclic) bond motifs is 4. The third-order valence-electron chi connectivity index (χ3n) is 7.28. The number of nitro groups is 1. The van der Waals surface area contributed by atoms with Crippen molar-refractivity contribution in [2.75, 3.05) is 4.90 Å². The molecule has 2 saturated heterocycles. The Bertz CT molecular complexity index is 1630. The monoisotopic (exact) mass is 490 g/mol. The van der Waals surface area contributed by atoms with Gasteiger partial charge in [0.25, 0.3) is 5.69 Å². The average molecular weight is 490 g/mol. The highest BCUT2D eigenvalue weighted by molar-refractivity contribution is 6.25. The Hall–Kier alpha value is -5.10. The van der Waals surface area contributed by atoms with Crippen LogP contribution in [0, 0.1) is 33.3 Å². The molecule has 0 unspecified atom stereocenters. The van der Waals surface area contributed by atoms with E-state index in [-0.39, 0.29) is 11.3 Å². The predicted molar refractivity (Wildman–Crippen MR) is 133 cm³/mol. The molecule has 3 heterocycles. The van der Waals surface area contributed by atoms with Gasteiger partial charge in [-0.25, -0.2) is 4.90 Å². The normalized spacial score (nSPS) is 24.0. The molecule has 6 rings (SSSR count). The minimum Gasteiger partial charge on any atom is -0.359 e. The van der Waals surface area contributed by atoms with Crippen LogP contribution in [0.15, 0.2) is 90.7 Å². The number of non-ortho nitro benzene ring substituents is 1. The lowest BCUT2D eigenvalue weighted by molar-refractivity contribution is -0.384. The first-order valence-electron chi connectivity index (χ1n) is 11.6. The molecule has 3 aromatic carbocycles. The minimum atomic E-state index is -1.06. The van der Waals surface area contributed by atoms with Crippen molar-refractivity contribution >= 4 is 39.7 Å². The van der Waals surface area contributed by atoms with Gasteiger partial charge in [0.15, 0.2) is 5.78 Å². The number of imide groups is 1. The standard InChI is InChI=1S/C28H18N4O5/c29-15-16-10-11-30-22(12-16)23-24(25(30)26(33)19-6-3-7-21(14-19)32(36)37)28(35)31(27(23)34)20-9-8-17-4-1-2-5-18(17)13-20/h1-14,22-25H/t22-,23+,24-,25-/m1/s1. The second kappa shape index (κ2) is 8.24. The largest absolute Gasteiger partial charge is 0.359 e. The number of allylic oxidation sites excluding steroid dienone is 2. The van der Waals surface area contributed by atoms with Gasteiger partial charge in [0.1, 0.15) is 6.04 Å². The maximum absolute atomic E-state index is 13.9. The van der Waals surface area contributed by atoms with Crippen LogP contribution in [0.2, 0.25) is 0 Å². The zero-order chi connectivity index (χ0) is 25.8. The number of hydrogen-bond acceptors (Lipinski definition) is 7. The number of anilines is 1. The number of benzene rings is 3. The summed E-state index contributed by atoms with van der Waals surface area (Å²) in [6.07, 6.45) is 4.69. The Kier molecular flexibility index (Phi) is 4.98. The van der Waals surface area contributed by atoms with Crippen LogP contribution in [0.25, 0.3) is 10.8 Å². The van der Waals surface area contributed by atoms with E-state index in [1.807, 2.05) is 30.3 Å². The molecule has 37 heavy (non-hydrogen) atoms. The number of amides is 2. The van der Waals surface area contributed by atoms with E-state index in [0.29, 0.717) is 11.3 Å². The summed E-state index contributed by atoms with van der Waals surface area (Å²) in [5.41, 5.74) is 0.566. The van der Waals surface area contributed by atoms with E-state index in [2.05, 4.69) is 6.07 Å². The highest BCUT2D eigenvalue weighted by Crippen LogP contribution is 2.47. The fourth-order valence-corrected chi connectivity index (χ4v) is 5.63. The smallest absolute Gasteiger partial charge is 0.270 e. The van der Waals surface area contributed by atoms with Gasteiger partial charge in [-0.05, 0) is 35.1 Å². The molecule has 2 fully saturated rings. The van der Waals surface area contributed by atoms with Gasteiger partial charge in [-0.15, -0.1) is 0 Å². The average Bonchev–Trinajstić information content (AvgIpc) is 3.39. The third kappa shape index (κ3) is 3.34. The van der Waals surface area contributed by atoms with Crippen LogP contribution < -0.4 is 4.90 Å². The highest BCUT2D eigenvalue weighted by atomic mass is 16.6. The van der Waals surface area contributed by atoms with Crippen molar-refractivity contribution in [1.82, 2.24) is 4.90 Å². The summed E-state index contributed by atoms with van der Waals surface area (Å²) < 4.78 is 0. The summed E-state index contributed by atoms with van der Waals surface area (Å²) in [6.45, 7) is 0. The molecule has 0 aliphatic carbocycles. The van der Waals surface area contributed by atoms with Crippen molar-refractivity contribution in [2.24, 2.45) is 11.8 Å². The number of Topliss-reactive ketones (excluding diaryl/α,β-unsaturated/α-hetero) is 1. The lowest BCUT2D eigenvalue weighted by atomic mass is 9.86. The third-order valence-corrected chi connectivity index (χ3v) is 7.28.